The Bertz CT molecular complexity index is 431. The Kier molecular flexibility index (Phi) is 5.91. The summed E-state index contributed by atoms with van der Waals surface area (Å²) in [7, 11) is 1.76. The maximum absolute atomic E-state index is 5.51. The lowest BCUT2D eigenvalue weighted by Gasteiger charge is -2.26. The third-order valence-corrected chi connectivity index (χ3v) is 4.83. The van der Waals surface area contributed by atoms with Crippen LogP contribution in [0, 0.1) is 11.8 Å². The van der Waals surface area contributed by atoms with Gasteiger partial charge in [0.2, 0.25) is 0 Å². The number of methoxy groups -OCH3 is 1. The van der Waals surface area contributed by atoms with E-state index in [1.807, 2.05) is 6.07 Å². The van der Waals surface area contributed by atoms with Gasteiger partial charge in [-0.3, -0.25) is 0 Å². The summed E-state index contributed by atoms with van der Waals surface area (Å²) in [5, 5.41) is 3.74. The van der Waals surface area contributed by atoms with Crippen molar-refractivity contribution >= 4 is 15.9 Å². The molecule has 1 aliphatic rings. The van der Waals surface area contributed by atoms with Crippen molar-refractivity contribution < 1.29 is 4.74 Å². The van der Waals surface area contributed by atoms with E-state index in [0.29, 0.717) is 6.04 Å². The molecule has 1 fully saturated rings. The van der Waals surface area contributed by atoms with Gasteiger partial charge in [-0.05, 0) is 67.8 Å². The van der Waals surface area contributed by atoms with Gasteiger partial charge in [-0.2, -0.15) is 0 Å². The van der Waals surface area contributed by atoms with Gasteiger partial charge >= 0.3 is 0 Å². The predicted octanol–water partition coefficient (Wildman–Crippen LogP) is 4.41. The zero-order chi connectivity index (χ0) is 14.5. The van der Waals surface area contributed by atoms with E-state index in [4.69, 9.17) is 4.74 Å². The van der Waals surface area contributed by atoms with Crippen LogP contribution in [0.3, 0.4) is 0 Å². The summed E-state index contributed by atoms with van der Waals surface area (Å²) in [6.45, 7) is 5.72. The van der Waals surface area contributed by atoms with Gasteiger partial charge in [0.15, 0.2) is 0 Å². The van der Waals surface area contributed by atoms with Crippen molar-refractivity contribution in [3.63, 3.8) is 0 Å². The number of benzene rings is 1. The van der Waals surface area contributed by atoms with E-state index in [0.717, 1.165) is 35.0 Å². The fraction of sp³-hybridized carbons (Fsp3) is 0.647. The van der Waals surface area contributed by atoms with Gasteiger partial charge in [-0.25, -0.2) is 0 Å². The Morgan fingerprint density at radius 3 is 2.75 bits per heavy atom. The minimum Gasteiger partial charge on any atom is -0.496 e. The Balaban J connectivity index is 2.11. The molecule has 2 nitrogen and oxygen atoms in total. The zero-order valence-corrected chi connectivity index (χ0v) is 14.4. The summed E-state index contributed by atoms with van der Waals surface area (Å²) < 4.78 is 6.64. The first-order valence-electron chi connectivity index (χ1n) is 7.71. The largest absolute Gasteiger partial charge is 0.496 e. The molecule has 0 aliphatic heterocycles. The van der Waals surface area contributed by atoms with Crippen LogP contribution in [0.5, 0.6) is 5.75 Å². The molecule has 0 bridgehead atoms. The monoisotopic (exact) mass is 339 g/mol. The highest BCUT2D eigenvalue weighted by atomic mass is 79.9. The van der Waals surface area contributed by atoms with Crippen molar-refractivity contribution in [2.75, 3.05) is 13.7 Å². The van der Waals surface area contributed by atoms with Crippen LogP contribution in [-0.2, 0) is 6.42 Å². The molecule has 2 atom stereocenters. The molecular weight excluding hydrogens is 314 g/mol. The minimum absolute atomic E-state index is 0.547. The van der Waals surface area contributed by atoms with Crippen molar-refractivity contribution in [2.45, 2.75) is 45.6 Å². The highest BCUT2D eigenvalue weighted by molar-refractivity contribution is 9.10. The number of rotatable bonds is 8. The van der Waals surface area contributed by atoms with Crippen molar-refractivity contribution in [2.24, 2.45) is 11.8 Å². The minimum atomic E-state index is 0.547. The van der Waals surface area contributed by atoms with E-state index in [-0.39, 0.29) is 0 Å². The molecule has 0 aromatic heterocycles. The average molecular weight is 340 g/mol. The molecule has 1 aromatic carbocycles. The van der Waals surface area contributed by atoms with Gasteiger partial charge in [0.1, 0.15) is 5.75 Å². The summed E-state index contributed by atoms with van der Waals surface area (Å²) in [5.74, 6) is 2.66. The first-order chi connectivity index (χ1) is 9.65. The molecule has 0 amide bonds. The van der Waals surface area contributed by atoms with Gasteiger partial charge in [0, 0.05) is 10.5 Å². The molecule has 2 rings (SSSR count). The molecular formula is C17H26BrNO. The second-order valence-corrected chi connectivity index (χ2v) is 6.83. The lowest BCUT2D eigenvalue weighted by Crippen LogP contribution is -2.38. The van der Waals surface area contributed by atoms with Crippen molar-refractivity contribution in [3.05, 3.63) is 28.2 Å². The van der Waals surface area contributed by atoms with Gasteiger partial charge in [-0.15, -0.1) is 0 Å². The summed E-state index contributed by atoms with van der Waals surface area (Å²) in [6.07, 6.45) is 5.03. The second-order valence-electron chi connectivity index (χ2n) is 5.92. The maximum Gasteiger partial charge on any atom is 0.122 e. The Morgan fingerprint density at radius 2 is 2.15 bits per heavy atom. The Morgan fingerprint density at radius 1 is 1.40 bits per heavy atom. The van der Waals surface area contributed by atoms with Crippen LogP contribution in [0.1, 0.15) is 38.7 Å². The van der Waals surface area contributed by atoms with Crippen LogP contribution >= 0.6 is 15.9 Å². The lowest BCUT2D eigenvalue weighted by molar-refractivity contribution is 0.334. The van der Waals surface area contributed by atoms with Gasteiger partial charge in [-0.1, -0.05) is 29.8 Å². The summed E-state index contributed by atoms with van der Waals surface area (Å²) >= 11 is 3.57. The second kappa shape index (κ2) is 7.46. The molecule has 0 radical (unpaired) electrons. The van der Waals surface area contributed by atoms with Crippen molar-refractivity contribution in [1.82, 2.24) is 5.32 Å². The maximum atomic E-state index is 5.51. The fourth-order valence-electron chi connectivity index (χ4n) is 2.87. The summed E-state index contributed by atoms with van der Waals surface area (Å²) in [5.41, 5.74) is 1.29. The number of nitrogens with one attached hydrogen (secondary N) is 1. The van der Waals surface area contributed by atoms with E-state index in [2.05, 4.69) is 47.2 Å². The molecule has 112 valence electrons. The first-order valence-corrected chi connectivity index (χ1v) is 8.50. The van der Waals surface area contributed by atoms with Crippen molar-refractivity contribution in [1.29, 1.82) is 0 Å². The lowest BCUT2D eigenvalue weighted by atomic mass is 9.90. The standard InChI is InChI=1S/C17H26BrNO/c1-4-9-19-16(12(2)13-5-6-13)11-14-10-15(18)7-8-17(14)20-3/h7-8,10,12-13,16,19H,4-6,9,11H2,1-3H3. The van der Waals surface area contributed by atoms with Crippen molar-refractivity contribution in [3.8, 4) is 5.75 Å². The quantitative estimate of drug-likeness (QED) is 0.757. The molecule has 3 heteroatoms. The molecule has 1 aliphatic carbocycles. The topological polar surface area (TPSA) is 21.3 Å². The van der Waals surface area contributed by atoms with E-state index < -0.39 is 0 Å². The fourth-order valence-corrected chi connectivity index (χ4v) is 3.28. The van der Waals surface area contributed by atoms with Crippen LogP contribution in [0.25, 0.3) is 0 Å². The highest BCUT2D eigenvalue weighted by Gasteiger charge is 2.33. The van der Waals surface area contributed by atoms with E-state index in [1.165, 1.54) is 24.8 Å². The van der Waals surface area contributed by atoms with E-state index >= 15 is 0 Å². The Labute approximate surface area is 131 Å². The van der Waals surface area contributed by atoms with Crippen LogP contribution < -0.4 is 10.1 Å². The smallest absolute Gasteiger partial charge is 0.122 e. The summed E-state index contributed by atoms with van der Waals surface area (Å²) in [4.78, 5) is 0. The third-order valence-electron chi connectivity index (χ3n) is 4.34. The molecule has 1 N–H and O–H groups in total. The molecule has 1 aromatic rings. The SMILES string of the molecule is CCCNC(Cc1cc(Br)ccc1OC)C(C)C1CC1. The number of hydrogen-bond donors (Lipinski definition) is 1. The van der Waals surface area contributed by atoms with Crippen LogP contribution in [-0.4, -0.2) is 19.7 Å². The average Bonchev–Trinajstić information content (AvgIpc) is 3.27. The van der Waals surface area contributed by atoms with Crippen LogP contribution in [0.2, 0.25) is 0 Å². The van der Waals surface area contributed by atoms with E-state index in [9.17, 15) is 0 Å². The zero-order valence-electron chi connectivity index (χ0n) is 12.8. The molecule has 1 saturated carbocycles. The van der Waals surface area contributed by atoms with Gasteiger partial charge < -0.3 is 10.1 Å². The normalized spacial score (nSPS) is 17.8. The molecule has 0 heterocycles. The van der Waals surface area contributed by atoms with Crippen LogP contribution in [0.4, 0.5) is 0 Å². The molecule has 0 saturated heterocycles. The van der Waals surface area contributed by atoms with Crippen LogP contribution in [0.15, 0.2) is 22.7 Å². The van der Waals surface area contributed by atoms with Gasteiger partial charge in [0.25, 0.3) is 0 Å². The van der Waals surface area contributed by atoms with Gasteiger partial charge in [0.05, 0.1) is 7.11 Å². The number of halogens is 1. The molecule has 20 heavy (non-hydrogen) atoms. The summed E-state index contributed by atoms with van der Waals surface area (Å²) in [6, 6.07) is 6.84. The van der Waals surface area contributed by atoms with E-state index in [1.54, 1.807) is 7.11 Å². The third kappa shape index (κ3) is 4.23. The number of hydrogen-bond acceptors (Lipinski definition) is 2. The predicted molar refractivity (Wildman–Crippen MR) is 88.4 cm³/mol. The highest BCUT2D eigenvalue weighted by Crippen LogP contribution is 2.39. The molecule has 2 unspecified atom stereocenters. The first kappa shape index (κ1) is 15.8. The Hall–Kier alpha value is -0.540. The number of ether oxygens (including phenoxy) is 1. The molecule has 0 spiro atoms.